The van der Waals surface area contributed by atoms with E-state index in [1.807, 2.05) is 0 Å². The third-order valence-electron chi connectivity index (χ3n) is 3.10. The average Bonchev–Trinajstić information content (AvgIpc) is 3.19. The van der Waals surface area contributed by atoms with E-state index in [0.29, 0.717) is 11.5 Å². The summed E-state index contributed by atoms with van der Waals surface area (Å²) in [5.74, 6) is 1.04. The minimum absolute atomic E-state index is 0.274. The second kappa shape index (κ2) is 5.71. The largest absolute Gasteiger partial charge is 0.464 e. The van der Waals surface area contributed by atoms with Crippen LogP contribution in [0.15, 0.2) is 12.1 Å². The molecule has 0 atom stereocenters. The Morgan fingerprint density at radius 2 is 2.33 bits per heavy atom. The molecule has 18 heavy (non-hydrogen) atoms. The summed E-state index contributed by atoms with van der Waals surface area (Å²) >= 11 is 0. The topological polar surface area (TPSA) is 77.2 Å². The van der Waals surface area contributed by atoms with Crippen molar-refractivity contribution >= 4 is 17.5 Å². The molecule has 1 aromatic heterocycles. The zero-order valence-corrected chi connectivity index (χ0v) is 10.6. The van der Waals surface area contributed by atoms with Crippen LogP contribution >= 0.6 is 0 Å². The third-order valence-corrected chi connectivity index (χ3v) is 3.10. The lowest BCUT2D eigenvalue weighted by atomic mass is 10.2. The van der Waals surface area contributed by atoms with Gasteiger partial charge in [0.2, 0.25) is 0 Å². The molecule has 3 N–H and O–H groups in total. The maximum Gasteiger partial charge on any atom is 0.356 e. The van der Waals surface area contributed by atoms with Gasteiger partial charge in [0.25, 0.3) is 0 Å². The van der Waals surface area contributed by atoms with Gasteiger partial charge in [0.15, 0.2) is 5.69 Å². The van der Waals surface area contributed by atoms with Gasteiger partial charge in [-0.3, -0.25) is 0 Å². The highest BCUT2D eigenvalue weighted by atomic mass is 16.5. The summed E-state index contributed by atoms with van der Waals surface area (Å²) in [5, 5.41) is 3.17. The zero-order valence-electron chi connectivity index (χ0n) is 10.6. The fraction of sp³-hybridized carbons (Fsp3) is 0.538. The number of hydrogen-bond acceptors (Lipinski definition) is 5. The van der Waals surface area contributed by atoms with Crippen LogP contribution in [0.25, 0.3) is 0 Å². The monoisotopic (exact) mass is 249 g/mol. The summed E-state index contributed by atoms with van der Waals surface area (Å²) in [6.45, 7) is 0.832. The van der Waals surface area contributed by atoms with E-state index in [-0.39, 0.29) is 5.69 Å². The number of nitrogen functional groups attached to an aromatic ring is 1. The Kier molecular flexibility index (Phi) is 4.02. The normalized spacial score (nSPS) is 14.3. The lowest BCUT2D eigenvalue weighted by Gasteiger charge is -2.09. The maximum absolute atomic E-state index is 11.4. The van der Waals surface area contributed by atoms with Gasteiger partial charge in [-0.15, -0.1) is 0 Å². The number of methoxy groups -OCH3 is 1. The second-order valence-corrected chi connectivity index (χ2v) is 4.64. The molecule has 98 valence electrons. The summed E-state index contributed by atoms with van der Waals surface area (Å²) < 4.78 is 4.63. The fourth-order valence-corrected chi connectivity index (χ4v) is 1.83. The number of esters is 1. The first-order chi connectivity index (χ1) is 8.70. The number of anilines is 2. The molecule has 0 aliphatic heterocycles. The van der Waals surface area contributed by atoms with Gasteiger partial charge in [-0.25, -0.2) is 9.78 Å². The number of aromatic nitrogens is 1. The molecule has 1 aromatic rings. The molecule has 0 spiro atoms. The van der Waals surface area contributed by atoms with E-state index in [1.54, 1.807) is 12.1 Å². The van der Waals surface area contributed by atoms with Crippen LogP contribution in [0.1, 0.15) is 36.2 Å². The molecule has 0 bridgehead atoms. The van der Waals surface area contributed by atoms with Crippen LogP contribution in [0.4, 0.5) is 11.5 Å². The van der Waals surface area contributed by atoms with E-state index in [9.17, 15) is 4.79 Å². The first-order valence-corrected chi connectivity index (χ1v) is 6.29. The van der Waals surface area contributed by atoms with Crippen molar-refractivity contribution in [1.82, 2.24) is 4.98 Å². The molecule has 1 fully saturated rings. The molecule has 5 nitrogen and oxygen atoms in total. The van der Waals surface area contributed by atoms with Crippen molar-refractivity contribution in [3.05, 3.63) is 17.8 Å². The van der Waals surface area contributed by atoms with E-state index < -0.39 is 5.97 Å². The minimum atomic E-state index is -0.448. The third kappa shape index (κ3) is 3.35. The van der Waals surface area contributed by atoms with E-state index in [2.05, 4.69) is 15.0 Å². The number of carbonyl (C=O) groups is 1. The molecule has 1 heterocycles. The molecule has 1 aliphatic carbocycles. The Labute approximate surface area is 107 Å². The molecular weight excluding hydrogens is 230 g/mol. The van der Waals surface area contributed by atoms with E-state index in [1.165, 1.54) is 26.4 Å². The average molecular weight is 249 g/mol. The molecule has 0 aromatic carbocycles. The second-order valence-electron chi connectivity index (χ2n) is 4.64. The Morgan fingerprint density at radius 1 is 1.56 bits per heavy atom. The summed E-state index contributed by atoms with van der Waals surface area (Å²) in [5.41, 5.74) is 6.63. The lowest BCUT2D eigenvalue weighted by molar-refractivity contribution is 0.0594. The van der Waals surface area contributed by atoms with Crippen LogP contribution in [0.2, 0.25) is 0 Å². The zero-order chi connectivity index (χ0) is 13.0. The number of hydrogen-bond donors (Lipinski definition) is 2. The molecule has 1 saturated carbocycles. The van der Waals surface area contributed by atoms with Crippen molar-refractivity contribution in [3.8, 4) is 0 Å². The van der Waals surface area contributed by atoms with Crippen molar-refractivity contribution in [1.29, 1.82) is 0 Å². The number of ether oxygens (including phenoxy) is 1. The lowest BCUT2D eigenvalue weighted by Crippen LogP contribution is -2.10. The first-order valence-electron chi connectivity index (χ1n) is 6.29. The van der Waals surface area contributed by atoms with Crippen LogP contribution in [-0.4, -0.2) is 24.6 Å². The van der Waals surface area contributed by atoms with Gasteiger partial charge >= 0.3 is 5.97 Å². The van der Waals surface area contributed by atoms with Crippen molar-refractivity contribution < 1.29 is 9.53 Å². The van der Waals surface area contributed by atoms with Crippen LogP contribution in [0, 0.1) is 5.92 Å². The standard InChI is InChI=1S/C13H19N3O2/c1-18-13(17)11-7-6-10(14)12(16-11)15-8-2-3-9-4-5-9/h6-7,9H,2-5,8,14H2,1H3,(H,15,16). The van der Waals surface area contributed by atoms with Gasteiger partial charge in [-0.05, 0) is 30.9 Å². The number of carbonyl (C=O) groups excluding carboxylic acids is 1. The van der Waals surface area contributed by atoms with Crippen LogP contribution in [0.5, 0.6) is 0 Å². The number of pyridine rings is 1. The van der Waals surface area contributed by atoms with E-state index >= 15 is 0 Å². The highest BCUT2D eigenvalue weighted by Gasteiger charge is 2.20. The van der Waals surface area contributed by atoms with Gasteiger partial charge in [-0.1, -0.05) is 12.8 Å². The first kappa shape index (κ1) is 12.7. The number of nitrogens with one attached hydrogen (secondary N) is 1. The predicted molar refractivity (Wildman–Crippen MR) is 70.4 cm³/mol. The van der Waals surface area contributed by atoms with Crippen LogP contribution in [0.3, 0.4) is 0 Å². The minimum Gasteiger partial charge on any atom is -0.464 e. The van der Waals surface area contributed by atoms with Crippen molar-refractivity contribution in [2.24, 2.45) is 5.92 Å². The number of nitrogens with two attached hydrogens (primary N) is 1. The van der Waals surface area contributed by atoms with E-state index in [4.69, 9.17) is 5.73 Å². The molecule has 0 saturated heterocycles. The van der Waals surface area contributed by atoms with Crippen molar-refractivity contribution in [3.63, 3.8) is 0 Å². The van der Waals surface area contributed by atoms with Gasteiger partial charge < -0.3 is 15.8 Å². The van der Waals surface area contributed by atoms with Gasteiger partial charge in [0.1, 0.15) is 5.82 Å². The summed E-state index contributed by atoms with van der Waals surface area (Å²) in [4.78, 5) is 15.5. The van der Waals surface area contributed by atoms with Gasteiger partial charge in [0.05, 0.1) is 12.8 Å². The highest BCUT2D eigenvalue weighted by molar-refractivity contribution is 5.88. The van der Waals surface area contributed by atoms with E-state index in [0.717, 1.165) is 18.9 Å². The van der Waals surface area contributed by atoms with Crippen LogP contribution < -0.4 is 11.1 Å². The smallest absolute Gasteiger partial charge is 0.356 e. The molecular formula is C13H19N3O2. The molecule has 0 amide bonds. The Morgan fingerprint density at radius 3 is 3.00 bits per heavy atom. The van der Waals surface area contributed by atoms with Gasteiger partial charge in [0, 0.05) is 6.54 Å². The van der Waals surface area contributed by atoms with Crippen molar-refractivity contribution in [2.75, 3.05) is 24.7 Å². The number of rotatable bonds is 6. The summed E-state index contributed by atoms with van der Waals surface area (Å²) in [6.07, 6.45) is 5.11. The van der Waals surface area contributed by atoms with Gasteiger partial charge in [-0.2, -0.15) is 0 Å². The SMILES string of the molecule is COC(=O)c1ccc(N)c(NCCCC2CC2)n1. The maximum atomic E-state index is 11.4. The van der Waals surface area contributed by atoms with Crippen molar-refractivity contribution in [2.45, 2.75) is 25.7 Å². The molecule has 5 heteroatoms. The Bertz CT molecular complexity index is 430. The Balaban J connectivity index is 1.90. The predicted octanol–water partition coefficient (Wildman–Crippen LogP) is 2.05. The highest BCUT2D eigenvalue weighted by Crippen LogP contribution is 2.33. The molecule has 0 unspecified atom stereocenters. The molecule has 2 rings (SSSR count). The number of nitrogens with zero attached hydrogens (tertiary/aromatic N) is 1. The Hall–Kier alpha value is -1.78. The summed E-state index contributed by atoms with van der Waals surface area (Å²) in [6, 6.07) is 3.24. The van der Waals surface area contributed by atoms with Crippen LogP contribution in [-0.2, 0) is 4.74 Å². The summed E-state index contributed by atoms with van der Waals surface area (Å²) in [7, 11) is 1.34. The fourth-order valence-electron chi connectivity index (χ4n) is 1.83. The quantitative estimate of drug-likeness (QED) is 0.596. The molecule has 1 aliphatic rings. The molecule has 0 radical (unpaired) electrons.